The van der Waals surface area contributed by atoms with E-state index < -0.39 is 0 Å². The smallest absolute Gasteiger partial charge is 0.255 e. The van der Waals surface area contributed by atoms with Crippen LogP contribution < -0.4 is 5.32 Å². The normalized spacial score (nSPS) is 16.2. The van der Waals surface area contributed by atoms with E-state index in [0.717, 1.165) is 44.7 Å². The first kappa shape index (κ1) is 15.8. The largest absolute Gasteiger partial charge is 0.506 e. The van der Waals surface area contributed by atoms with Crippen molar-refractivity contribution in [1.29, 1.82) is 0 Å². The lowest BCUT2D eigenvalue weighted by Gasteiger charge is -2.19. The molecule has 2 N–H and O–H groups in total. The van der Waals surface area contributed by atoms with Crippen molar-refractivity contribution in [2.24, 2.45) is 0 Å². The number of rotatable bonds is 4. The molecule has 0 bridgehead atoms. The fraction of sp³-hybridized carbons (Fsp3) is 0.389. The predicted octanol–water partition coefficient (Wildman–Crippen LogP) is 2.00. The number of phenols is 1. The average Bonchev–Trinajstić information content (AvgIpc) is 2.84. The highest BCUT2D eigenvalue weighted by molar-refractivity contribution is 6.03. The second kappa shape index (κ2) is 7.44. The van der Waals surface area contributed by atoms with E-state index in [1.165, 1.54) is 0 Å². The zero-order valence-electron chi connectivity index (χ0n) is 13.1. The molecule has 0 unspecified atom stereocenters. The number of carbonyl (C=O) groups excluding carboxylic acids is 1. The van der Waals surface area contributed by atoms with Gasteiger partial charge in [0.15, 0.2) is 0 Å². The molecular weight excluding hydrogens is 292 g/mol. The van der Waals surface area contributed by atoms with E-state index >= 15 is 0 Å². The third-order valence-corrected chi connectivity index (χ3v) is 4.17. The van der Waals surface area contributed by atoms with Crippen molar-refractivity contribution < 1.29 is 14.6 Å². The van der Waals surface area contributed by atoms with Gasteiger partial charge in [-0.15, -0.1) is 0 Å². The molecule has 3 rings (SSSR count). The number of nitrogens with zero attached hydrogens (tertiary/aromatic N) is 1. The van der Waals surface area contributed by atoms with Crippen LogP contribution in [0.15, 0.2) is 36.4 Å². The van der Waals surface area contributed by atoms with Crippen molar-refractivity contribution in [3.63, 3.8) is 0 Å². The summed E-state index contributed by atoms with van der Waals surface area (Å²) in [6.07, 6.45) is 1.03. The SMILES string of the molecule is O=C(NCCN1CCCOCC1)c1ccc2ccccc2c1O. The first-order valence-corrected chi connectivity index (χ1v) is 8.05. The first-order valence-electron chi connectivity index (χ1n) is 8.05. The third kappa shape index (κ3) is 3.81. The summed E-state index contributed by atoms with van der Waals surface area (Å²) >= 11 is 0. The second-order valence-electron chi connectivity index (χ2n) is 5.75. The molecule has 1 heterocycles. The number of nitrogens with one attached hydrogen (secondary N) is 1. The summed E-state index contributed by atoms with van der Waals surface area (Å²) in [5, 5.41) is 14.8. The van der Waals surface area contributed by atoms with Crippen LogP contribution >= 0.6 is 0 Å². The summed E-state index contributed by atoms with van der Waals surface area (Å²) in [5.74, 6) is -0.192. The van der Waals surface area contributed by atoms with Crippen LogP contribution in [0.1, 0.15) is 16.8 Å². The summed E-state index contributed by atoms with van der Waals surface area (Å²) in [4.78, 5) is 14.6. The Morgan fingerprint density at radius 3 is 2.96 bits per heavy atom. The molecule has 0 atom stereocenters. The molecule has 0 spiro atoms. The molecule has 0 aromatic heterocycles. The lowest BCUT2D eigenvalue weighted by Crippen LogP contribution is -2.36. The van der Waals surface area contributed by atoms with Crippen molar-refractivity contribution in [1.82, 2.24) is 10.2 Å². The highest BCUT2D eigenvalue weighted by Crippen LogP contribution is 2.28. The van der Waals surface area contributed by atoms with Crippen LogP contribution in [0.5, 0.6) is 5.75 Å². The van der Waals surface area contributed by atoms with Crippen LogP contribution in [0.25, 0.3) is 10.8 Å². The molecule has 1 fully saturated rings. The zero-order valence-corrected chi connectivity index (χ0v) is 13.1. The Morgan fingerprint density at radius 2 is 2.04 bits per heavy atom. The van der Waals surface area contributed by atoms with E-state index in [1.807, 2.05) is 30.3 Å². The Bertz CT molecular complexity index is 679. The van der Waals surface area contributed by atoms with E-state index in [9.17, 15) is 9.90 Å². The topological polar surface area (TPSA) is 61.8 Å². The van der Waals surface area contributed by atoms with Gasteiger partial charge >= 0.3 is 0 Å². The van der Waals surface area contributed by atoms with Crippen molar-refractivity contribution in [3.05, 3.63) is 42.0 Å². The minimum Gasteiger partial charge on any atom is -0.506 e. The minimum atomic E-state index is -0.237. The Labute approximate surface area is 135 Å². The van der Waals surface area contributed by atoms with Gasteiger partial charge in [-0.3, -0.25) is 9.69 Å². The van der Waals surface area contributed by atoms with Gasteiger partial charge in [-0.05, 0) is 17.9 Å². The maximum Gasteiger partial charge on any atom is 0.255 e. The molecule has 2 aromatic rings. The van der Waals surface area contributed by atoms with Crippen molar-refractivity contribution >= 4 is 16.7 Å². The van der Waals surface area contributed by atoms with Gasteiger partial charge in [-0.1, -0.05) is 30.3 Å². The Balaban J connectivity index is 1.61. The van der Waals surface area contributed by atoms with Crippen LogP contribution in [-0.2, 0) is 4.74 Å². The molecule has 2 aromatic carbocycles. The Hall–Kier alpha value is -2.11. The summed E-state index contributed by atoms with van der Waals surface area (Å²) in [6, 6.07) is 11.0. The molecule has 122 valence electrons. The van der Waals surface area contributed by atoms with Crippen LogP contribution in [0.2, 0.25) is 0 Å². The summed E-state index contributed by atoms with van der Waals surface area (Å²) in [6.45, 7) is 4.82. The molecular formula is C18H22N2O3. The number of aromatic hydroxyl groups is 1. The molecule has 1 aliphatic rings. The standard InChI is InChI=1S/C18H22N2O3/c21-17-15-5-2-1-4-14(15)6-7-16(17)18(22)19-8-10-20-9-3-12-23-13-11-20/h1-2,4-7,21H,3,8-13H2,(H,19,22). The van der Waals surface area contributed by atoms with Crippen LogP contribution in [-0.4, -0.2) is 55.3 Å². The molecule has 1 aliphatic heterocycles. The van der Waals surface area contributed by atoms with E-state index in [-0.39, 0.29) is 11.7 Å². The predicted molar refractivity (Wildman–Crippen MR) is 89.8 cm³/mol. The van der Waals surface area contributed by atoms with Gasteiger partial charge in [0.2, 0.25) is 0 Å². The van der Waals surface area contributed by atoms with Gasteiger partial charge in [-0.2, -0.15) is 0 Å². The molecule has 0 radical (unpaired) electrons. The second-order valence-corrected chi connectivity index (χ2v) is 5.75. The fourth-order valence-corrected chi connectivity index (χ4v) is 2.88. The average molecular weight is 314 g/mol. The van der Waals surface area contributed by atoms with Gasteiger partial charge in [-0.25, -0.2) is 0 Å². The number of hydrogen-bond acceptors (Lipinski definition) is 4. The maximum atomic E-state index is 12.3. The van der Waals surface area contributed by atoms with Crippen molar-refractivity contribution in [2.75, 3.05) is 39.4 Å². The van der Waals surface area contributed by atoms with Crippen LogP contribution in [0, 0.1) is 0 Å². The first-order chi connectivity index (χ1) is 11.3. The van der Waals surface area contributed by atoms with E-state index in [4.69, 9.17) is 4.74 Å². The molecule has 5 heteroatoms. The number of hydrogen-bond donors (Lipinski definition) is 2. The number of ether oxygens (including phenoxy) is 1. The van der Waals surface area contributed by atoms with Crippen LogP contribution in [0.3, 0.4) is 0 Å². The third-order valence-electron chi connectivity index (χ3n) is 4.17. The Morgan fingerprint density at radius 1 is 1.17 bits per heavy atom. The highest BCUT2D eigenvalue weighted by atomic mass is 16.5. The van der Waals surface area contributed by atoms with Gasteiger partial charge in [0, 0.05) is 38.2 Å². The summed E-state index contributed by atoms with van der Waals surface area (Å²) in [5.41, 5.74) is 0.322. The van der Waals surface area contributed by atoms with Gasteiger partial charge in [0.25, 0.3) is 5.91 Å². The fourth-order valence-electron chi connectivity index (χ4n) is 2.88. The van der Waals surface area contributed by atoms with Crippen molar-refractivity contribution in [2.45, 2.75) is 6.42 Å². The van der Waals surface area contributed by atoms with E-state index in [1.54, 1.807) is 6.07 Å². The number of amides is 1. The zero-order chi connectivity index (χ0) is 16.1. The van der Waals surface area contributed by atoms with Gasteiger partial charge in [0.05, 0.1) is 12.2 Å². The molecule has 0 aliphatic carbocycles. The number of phenolic OH excluding ortho intramolecular Hbond substituents is 1. The summed E-state index contributed by atoms with van der Waals surface area (Å²) in [7, 11) is 0. The highest BCUT2D eigenvalue weighted by Gasteiger charge is 2.14. The Kier molecular flexibility index (Phi) is 5.10. The molecule has 1 saturated heterocycles. The summed E-state index contributed by atoms with van der Waals surface area (Å²) < 4.78 is 5.42. The lowest BCUT2D eigenvalue weighted by atomic mass is 10.0. The van der Waals surface area contributed by atoms with Gasteiger partial charge < -0.3 is 15.2 Å². The van der Waals surface area contributed by atoms with Crippen LogP contribution in [0.4, 0.5) is 0 Å². The van der Waals surface area contributed by atoms with E-state index in [0.29, 0.717) is 17.5 Å². The van der Waals surface area contributed by atoms with E-state index in [2.05, 4.69) is 10.2 Å². The molecule has 23 heavy (non-hydrogen) atoms. The van der Waals surface area contributed by atoms with Gasteiger partial charge in [0.1, 0.15) is 5.75 Å². The lowest BCUT2D eigenvalue weighted by molar-refractivity contribution is 0.0945. The monoisotopic (exact) mass is 314 g/mol. The number of fused-ring (bicyclic) bond motifs is 1. The number of carbonyl (C=O) groups is 1. The minimum absolute atomic E-state index is 0.0452. The molecule has 0 saturated carbocycles. The molecule has 1 amide bonds. The molecule has 5 nitrogen and oxygen atoms in total. The maximum absolute atomic E-state index is 12.3. The van der Waals surface area contributed by atoms with Crippen molar-refractivity contribution in [3.8, 4) is 5.75 Å². The quantitative estimate of drug-likeness (QED) is 0.906. The number of benzene rings is 2.